The zero-order valence-corrected chi connectivity index (χ0v) is 8.47. The van der Waals surface area contributed by atoms with Gasteiger partial charge in [-0.1, -0.05) is 33.3 Å². The van der Waals surface area contributed by atoms with E-state index in [2.05, 4.69) is 15.9 Å². The molecule has 1 heterocycles. The molecule has 1 aromatic heterocycles. The second kappa shape index (κ2) is 4.37. The number of nitrogens with zero attached hydrogens (tertiary/aromatic N) is 1. The molecule has 0 saturated heterocycles. The van der Waals surface area contributed by atoms with Crippen LogP contribution in [0.4, 0.5) is 5.00 Å². The first-order valence-electron chi connectivity index (χ1n) is 3.21. The summed E-state index contributed by atoms with van der Waals surface area (Å²) in [6.45, 7) is 0. The third kappa shape index (κ3) is 2.42. The molecule has 1 rings (SSSR count). The van der Waals surface area contributed by atoms with Gasteiger partial charge in [0.1, 0.15) is 0 Å². The predicted octanol–water partition coefficient (Wildman–Crippen LogP) is 3.06. The maximum absolute atomic E-state index is 10.3. The lowest BCUT2D eigenvalue weighted by Gasteiger charge is -1.80. The lowest BCUT2D eigenvalue weighted by molar-refractivity contribution is -0.380. The summed E-state index contributed by atoms with van der Waals surface area (Å²) in [5.41, 5.74) is 0. The van der Waals surface area contributed by atoms with Crippen LogP contribution in [0.5, 0.6) is 0 Å². The Balaban J connectivity index is 2.77. The third-order valence-electron chi connectivity index (χ3n) is 1.16. The molecule has 12 heavy (non-hydrogen) atoms. The van der Waals surface area contributed by atoms with Crippen LogP contribution < -0.4 is 0 Å². The monoisotopic (exact) mass is 247 g/mol. The number of halogens is 1. The van der Waals surface area contributed by atoms with Crippen molar-refractivity contribution in [2.75, 3.05) is 5.33 Å². The van der Waals surface area contributed by atoms with Gasteiger partial charge in [-0.3, -0.25) is 10.1 Å². The molecule has 1 aromatic rings. The molecule has 5 heteroatoms. The summed E-state index contributed by atoms with van der Waals surface area (Å²) in [7, 11) is 0. The van der Waals surface area contributed by atoms with Crippen LogP contribution in [0.1, 0.15) is 4.88 Å². The molecule has 0 aliphatic rings. The number of allylic oxidation sites excluding steroid dienone is 1. The molecule has 64 valence electrons. The average molecular weight is 248 g/mol. The van der Waals surface area contributed by atoms with Crippen LogP contribution in [-0.4, -0.2) is 10.3 Å². The van der Waals surface area contributed by atoms with Crippen LogP contribution in [0.25, 0.3) is 6.08 Å². The van der Waals surface area contributed by atoms with Crippen molar-refractivity contribution in [3.63, 3.8) is 0 Å². The van der Waals surface area contributed by atoms with E-state index in [1.807, 2.05) is 12.2 Å². The van der Waals surface area contributed by atoms with Crippen molar-refractivity contribution in [2.24, 2.45) is 0 Å². The van der Waals surface area contributed by atoms with E-state index in [-0.39, 0.29) is 9.92 Å². The van der Waals surface area contributed by atoms with Crippen molar-refractivity contribution in [3.05, 3.63) is 33.2 Å². The highest BCUT2D eigenvalue weighted by atomic mass is 79.9. The van der Waals surface area contributed by atoms with E-state index in [0.717, 1.165) is 10.2 Å². The first kappa shape index (κ1) is 9.41. The summed E-state index contributed by atoms with van der Waals surface area (Å²) < 4.78 is 0. The topological polar surface area (TPSA) is 43.1 Å². The molecule has 0 N–H and O–H groups in total. The largest absolute Gasteiger partial charge is 0.324 e. The Bertz CT molecular complexity index is 308. The summed E-state index contributed by atoms with van der Waals surface area (Å²) >= 11 is 4.40. The van der Waals surface area contributed by atoms with Crippen molar-refractivity contribution in [2.45, 2.75) is 0 Å². The fraction of sp³-hybridized carbons (Fsp3) is 0.143. The maximum atomic E-state index is 10.3. The highest BCUT2D eigenvalue weighted by molar-refractivity contribution is 9.09. The maximum Gasteiger partial charge on any atom is 0.324 e. The van der Waals surface area contributed by atoms with E-state index in [4.69, 9.17) is 0 Å². The van der Waals surface area contributed by atoms with Crippen molar-refractivity contribution < 1.29 is 4.92 Å². The average Bonchev–Trinajstić information content (AvgIpc) is 2.48. The quantitative estimate of drug-likeness (QED) is 0.468. The summed E-state index contributed by atoms with van der Waals surface area (Å²) in [5, 5.41) is 11.2. The van der Waals surface area contributed by atoms with Crippen molar-refractivity contribution >= 4 is 38.3 Å². The highest BCUT2D eigenvalue weighted by Gasteiger charge is 2.06. The van der Waals surface area contributed by atoms with Gasteiger partial charge in [0.2, 0.25) is 0 Å². The minimum absolute atomic E-state index is 0.184. The third-order valence-corrected chi connectivity index (χ3v) is 2.54. The van der Waals surface area contributed by atoms with Gasteiger partial charge < -0.3 is 0 Å². The minimum atomic E-state index is -0.379. The SMILES string of the molecule is O=[N+]([O-])c1ccc(/C=C/CBr)s1. The molecule has 0 amide bonds. The molecule has 0 radical (unpaired) electrons. The number of thiophene rings is 1. The van der Waals surface area contributed by atoms with Gasteiger partial charge in [0.25, 0.3) is 0 Å². The molecule has 3 nitrogen and oxygen atoms in total. The standard InChI is InChI=1S/C7H6BrNO2S/c8-5-1-2-6-3-4-7(12-6)9(10)11/h1-4H,5H2/b2-1+. The Kier molecular flexibility index (Phi) is 3.43. The molecule has 0 bridgehead atoms. The normalized spacial score (nSPS) is 10.8. The minimum Gasteiger partial charge on any atom is -0.258 e. The molecule has 0 unspecified atom stereocenters. The van der Waals surface area contributed by atoms with Gasteiger partial charge in [0.15, 0.2) is 0 Å². The van der Waals surface area contributed by atoms with Gasteiger partial charge in [0, 0.05) is 16.3 Å². The fourth-order valence-corrected chi connectivity index (χ4v) is 1.63. The Morgan fingerprint density at radius 3 is 2.92 bits per heavy atom. The summed E-state index contributed by atoms with van der Waals surface area (Å²) in [5.74, 6) is 0. The summed E-state index contributed by atoms with van der Waals surface area (Å²) in [6, 6.07) is 3.25. The van der Waals surface area contributed by atoms with Gasteiger partial charge in [0.05, 0.1) is 4.92 Å². The smallest absolute Gasteiger partial charge is 0.258 e. The van der Waals surface area contributed by atoms with Gasteiger partial charge in [-0.25, -0.2) is 0 Å². The van der Waals surface area contributed by atoms with Crippen LogP contribution in [0.15, 0.2) is 18.2 Å². The zero-order chi connectivity index (χ0) is 8.97. The van der Waals surface area contributed by atoms with Crippen LogP contribution in [-0.2, 0) is 0 Å². The number of rotatable bonds is 3. The number of nitro groups is 1. The van der Waals surface area contributed by atoms with Gasteiger partial charge in [-0.2, -0.15) is 0 Å². The molecular weight excluding hydrogens is 242 g/mol. The van der Waals surface area contributed by atoms with E-state index in [1.54, 1.807) is 6.07 Å². The Morgan fingerprint density at radius 1 is 1.67 bits per heavy atom. The van der Waals surface area contributed by atoms with E-state index in [9.17, 15) is 10.1 Å². The van der Waals surface area contributed by atoms with E-state index in [0.29, 0.717) is 0 Å². The van der Waals surface area contributed by atoms with Crippen LogP contribution >= 0.6 is 27.3 Å². The molecule has 0 fully saturated rings. The molecule has 0 aliphatic heterocycles. The first-order chi connectivity index (χ1) is 5.74. The van der Waals surface area contributed by atoms with Crippen LogP contribution in [0, 0.1) is 10.1 Å². The van der Waals surface area contributed by atoms with Crippen LogP contribution in [0.2, 0.25) is 0 Å². The van der Waals surface area contributed by atoms with Crippen LogP contribution in [0.3, 0.4) is 0 Å². The van der Waals surface area contributed by atoms with E-state index < -0.39 is 0 Å². The number of hydrogen-bond acceptors (Lipinski definition) is 3. The van der Waals surface area contributed by atoms with E-state index >= 15 is 0 Å². The molecule has 0 spiro atoms. The highest BCUT2D eigenvalue weighted by Crippen LogP contribution is 2.24. The first-order valence-corrected chi connectivity index (χ1v) is 5.14. The number of hydrogen-bond donors (Lipinski definition) is 0. The second-order valence-corrected chi connectivity index (χ2v) is 3.73. The number of alkyl halides is 1. The van der Waals surface area contributed by atoms with E-state index in [1.165, 1.54) is 17.4 Å². The Labute approximate surface area is 82.0 Å². The predicted molar refractivity (Wildman–Crippen MR) is 53.8 cm³/mol. The lowest BCUT2D eigenvalue weighted by Crippen LogP contribution is -1.80. The Morgan fingerprint density at radius 2 is 2.42 bits per heavy atom. The summed E-state index contributed by atoms with van der Waals surface area (Å²) in [6.07, 6.45) is 3.75. The van der Waals surface area contributed by atoms with Gasteiger partial charge >= 0.3 is 5.00 Å². The van der Waals surface area contributed by atoms with Crippen molar-refractivity contribution in [1.82, 2.24) is 0 Å². The van der Waals surface area contributed by atoms with Gasteiger partial charge in [-0.15, -0.1) is 0 Å². The molecule has 0 atom stereocenters. The van der Waals surface area contributed by atoms with Crippen molar-refractivity contribution in [3.8, 4) is 0 Å². The fourth-order valence-electron chi connectivity index (χ4n) is 0.691. The molecule has 0 aliphatic carbocycles. The van der Waals surface area contributed by atoms with Crippen molar-refractivity contribution in [1.29, 1.82) is 0 Å². The summed E-state index contributed by atoms with van der Waals surface area (Å²) in [4.78, 5) is 10.8. The Hall–Kier alpha value is -0.680. The molecule has 0 saturated carbocycles. The lowest BCUT2D eigenvalue weighted by atomic mass is 10.4. The zero-order valence-electron chi connectivity index (χ0n) is 6.07. The molecular formula is C7H6BrNO2S. The second-order valence-electron chi connectivity index (χ2n) is 1.99. The van der Waals surface area contributed by atoms with Gasteiger partial charge in [-0.05, 0) is 12.1 Å². The molecule has 0 aromatic carbocycles.